The predicted octanol–water partition coefficient (Wildman–Crippen LogP) is 4.54. The second-order valence-electron chi connectivity index (χ2n) is 5.32. The molecule has 2 aromatic rings. The minimum atomic E-state index is -0.193. The van der Waals surface area contributed by atoms with Gasteiger partial charge < -0.3 is 0 Å². The number of benzene rings is 2. The van der Waals surface area contributed by atoms with Gasteiger partial charge in [0.15, 0.2) is 0 Å². The van der Waals surface area contributed by atoms with E-state index >= 15 is 0 Å². The molecule has 3 rings (SSSR count). The summed E-state index contributed by atoms with van der Waals surface area (Å²) in [5, 5.41) is 0. The molecule has 1 nitrogen and oxygen atoms in total. The van der Waals surface area contributed by atoms with E-state index < -0.39 is 0 Å². The van der Waals surface area contributed by atoms with Crippen LogP contribution in [0.15, 0.2) is 46.9 Å². The summed E-state index contributed by atoms with van der Waals surface area (Å²) in [5.74, 6) is -0.193. The summed E-state index contributed by atoms with van der Waals surface area (Å²) in [7, 11) is 0. The van der Waals surface area contributed by atoms with Crippen molar-refractivity contribution in [3.05, 3.63) is 69.4 Å². The maximum atomic E-state index is 13.1. The van der Waals surface area contributed by atoms with Gasteiger partial charge in [-0.2, -0.15) is 0 Å². The van der Waals surface area contributed by atoms with Crippen LogP contribution in [0.3, 0.4) is 0 Å². The SMILES string of the molecule is Fc1ccc(CN2CCCc3ccccc3C2)c(Br)c1. The van der Waals surface area contributed by atoms with Gasteiger partial charge in [0.05, 0.1) is 0 Å². The van der Waals surface area contributed by atoms with Crippen molar-refractivity contribution >= 4 is 15.9 Å². The largest absolute Gasteiger partial charge is 0.295 e. The van der Waals surface area contributed by atoms with Crippen LogP contribution in [0.1, 0.15) is 23.1 Å². The van der Waals surface area contributed by atoms with Gasteiger partial charge in [0.2, 0.25) is 0 Å². The highest BCUT2D eigenvalue weighted by molar-refractivity contribution is 9.10. The molecule has 0 saturated heterocycles. The van der Waals surface area contributed by atoms with Gasteiger partial charge in [-0.05, 0) is 48.2 Å². The molecule has 0 fully saturated rings. The molecule has 1 heterocycles. The van der Waals surface area contributed by atoms with Gasteiger partial charge in [-0.3, -0.25) is 4.90 Å². The minimum absolute atomic E-state index is 0.193. The third-order valence-corrected chi connectivity index (χ3v) is 4.58. The summed E-state index contributed by atoms with van der Waals surface area (Å²) >= 11 is 3.46. The average Bonchev–Trinajstić information content (AvgIpc) is 2.63. The van der Waals surface area contributed by atoms with Crippen molar-refractivity contribution in [2.24, 2.45) is 0 Å². The lowest BCUT2D eigenvalue weighted by Gasteiger charge is -2.21. The molecule has 0 atom stereocenters. The smallest absolute Gasteiger partial charge is 0.124 e. The first-order valence-corrected chi connectivity index (χ1v) is 7.75. The Bertz CT molecular complexity index is 612. The van der Waals surface area contributed by atoms with E-state index in [2.05, 4.69) is 45.1 Å². The van der Waals surface area contributed by atoms with Crippen LogP contribution in [-0.4, -0.2) is 11.4 Å². The first-order chi connectivity index (χ1) is 9.72. The van der Waals surface area contributed by atoms with Crippen molar-refractivity contribution in [2.45, 2.75) is 25.9 Å². The number of rotatable bonds is 2. The van der Waals surface area contributed by atoms with E-state index in [4.69, 9.17) is 0 Å². The molecule has 20 heavy (non-hydrogen) atoms. The Morgan fingerprint density at radius 1 is 1.10 bits per heavy atom. The molecule has 0 N–H and O–H groups in total. The van der Waals surface area contributed by atoms with Crippen LogP contribution in [0.5, 0.6) is 0 Å². The van der Waals surface area contributed by atoms with E-state index in [1.807, 2.05) is 6.07 Å². The molecule has 0 aliphatic carbocycles. The molecule has 2 aromatic carbocycles. The summed E-state index contributed by atoms with van der Waals surface area (Å²) in [6.07, 6.45) is 2.33. The van der Waals surface area contributed by atoms with Gasteiger partial charge in [-0.1, -0.05) is 46.3 Å². The van der Waals surface area contributed by atoms with Crippen LogP contribution in [0.4, 0.5) is 4.39 Å². The van der Waals surface area contributed by atoms with Crippen LogP contribution in [0.25, 0.3) is 0 Å². The highest BCUT2D eigenvalue weighted by Crippen LogP contribution is 2.23. The Morgan fingerprint density at radius 3 is 2.70 bits per heavy atom. The van der Waals surface area contributed by atoms with E-state index in [1.165, 1.54) is 23.6 Å². The highest BCUT2D eigenvalue weighted by Gasteiger charge is 2.15. The molecule has 104 valence electrons. The molecule has 0 amide bonds. The van der Waals surface area contributed by atoms with Crippen LogP contribution >= 0.6 is 15.9 Å². The number of hydrogen-bond donors (Lipinski definition) is 0. The molecule has 1 aliphatic heterocycles. The van der Waals surface area contributed by atoms with E-state index in [-0.39, 0.29) is 5.82 Å². The second-order valence-corrected chi connectivity index (χ2v) is 6.17. The summed E-state index contributed by atoms with van der Waals surface area (Å²) < 4.78 is 14.0. The third-order valence-electron chi connectivity index (χ3n) is 3.84. The van der Waals surface area contributed by atoms with Crippen molar-refractivity contribution in [1.29, 1.82) is 0 Å². The summed E-state index contributed by atoms with van der Waals surface area (Å²) in [4.78, 5) is 2.43. The molecule has 0 spiro atoms. The fourth-order valence-corrected chi connectivity index (χ4v) is 3.27. The maximum Gasteiger partial charge on any atom is 0.124 e. The molecule has 0 bridgehead atoms. The van der Waals surface area contributed by atoms with E-state index in [1.54, 1.807) is 6.07 Å². The molecule has 0 saturated carbocycles. The first kappa shape index (κ1) is 13.8. The molecular formula is C17H17BrFN. The Morgan fingerprint density at radius 2 is 1.90 bits per heavy atom. The molecule has 3 heteroatoms. The number of halogens is 2. The molecule has 0 aromatic heterocycles. The molecule has 0 radical (unpaired) electrons. The Kier molecular flexibility index (Phi) is 4.18. The normalized spacial score (nSPS) is 15.7. The van der Waals surface area contributed by atoms with Crippen LogP contribution in [0.2, 0.25) is 0 Å². The second kappa shape index (κ2) is 6.06. The fraction of sp³-hybridized carbons (Fsp3) is 0.294. The van der Waals surface area contributed by atoms with E-state index in [0.717, 1.165) is 36.1 Å². The Hall–Kier alpha value is -1.19. The van der Waals surface area contributed by atoms with E-state index in [9.17, 15) is 4.39 Å². The predicted molar refractivity (Wildman–Crippen MR) is 83.0 cm³/mol. The van der Waals surface area contributed by atoms with Crippen LogP contribution in [-0.2, 0) is 19.5 Å². The molecular weight excluding hydrogens is 317 g/mol. The summed E-state index contributed by atoms with van der Waals surface area (Å²) in [5.41, 5.74) is 4.03. The lowest BCUT2D eigenvalue weighted by molar-refractivity contribution is 0.260. The summed E-state index contributed by atoms with van der Waals surface area (Å²) in [6, 6.07) is 13.6. The van der Waals surface area contributed by atoms with Crippen molar-refractivity contribution in [1.82, 2.24) is 4.90 Å². The zero-order valence-electron chi connectivity index (χ0n) is 11.3. The molecule has 0 unspecified atom stereocenters. The topological polar surface area (TPSA) is 3.24 Å². The number of hydrogen-bond acceptors (Lipinski definition) is 1. The number of fused-ring (bicyclic) bond motifs is 1. The van der Waals surface area contributed by atoms with Crippen molar-refractivity contribution < 1.29 is 4.39 Å². The highest BCUT2D eigenvalue weighted by atomic mass is 79.9. The number of aryl methyl sites for hydroxylation is 1. The zero-order chi connectivity index (χ0) is 13.9. The Balaban J connectivity index is 1.78. The van der Waals surface area contributed by atoms with Crippen molar-refractivity contribution in [3.8, 4) is 0 Å². The van der Waals surface area contributed by atoms with Gasteiger partial charge >= 0.3 is 0 Å². The van der Waals surface area contributed by atoms with Gasteiger partial charge in [0.1, 0.15) is 5.82 Å². The first-order valence-electron chi connectivity index (χ1n) is 6.95. The number of nitrogens with zero attached hydrogens (tertiary/aromatic N) is 1. The summed E-state index contributed by atoms with van der Waals surface area (Å²) in [6.45, 7) is 2.91. The standard InChI is InChI=1S/C17H17BrFN/c18-17-10-16(19)8-7-15(17)12-20-9-3-6-13-4-1-2-5-14(13)11-20/h1-2,4-5,7-8,10H,3,6,9,11-12H2. The zero-order valence-corrected chi connectivity index (χ0v) is 12.9. The van der Waals surface area contributed by atoms with Crippen molar-refractivity contribution in [3.63, 3.8) is 0 Å². The lowest BCUT2D eigenvalue weighted by atomic mass is 10.0. The fourth-order valence-electron chi connectivity index (χ4n) is 2.79. The lowest BCUT2D eigenvalue weighted by Crippen LogP contribution is -2.23. The van der Waals surface area contributed by atoms with Gasteiger partial charge in [0.25, 0.3) is 0 Å². The Labute approximate surface area is 127 Å². The van der Waals surface area contributed by atoms with E-state index in [0.29, 0.717) is 0 Å². The monoisotopic (exact) mass is 333 g/mol. The van der Waals surface area contributed by atoms with Gasteiger partial charge in [0, 0.05) is 17.6 Å². The third kappa shape index (κ3) is 3.10. The van der Waals surface area contributed by atoms with Gasteiger partial charge in [-0.15, -0.1) is 0 Å². The van der Waals surface area contributed by atoms with Gasteiger partial charge in [-0.25, -0.2) is 4.39 Å². The maximum absolute atomic E-state index is 13.1. The average molecular weight is 334 g/mol. The van der Waals surface area contributed by atoms with Crippen LogP contribution in [0, 0.1) is 5.82 Å². The quantitative estimate of drug-likeness (QED) is 0.780. The molecule has 1 aliphatic rings. The van der Waals surface area contributed by atoms with Crippen LogP contribution < -0.4 is 0 Å². The minimum Gasteiger partial charge on any atom is -0.295 e. The van der Waals surface area contributed by atoms with Crippen molar-refractivity contribution in [2.75, 3.05) is 6.54 Å².